The molecule has 0 spiro atoms. The van der Waals surface area contributed by atoms with Crippen molar-refractivity contribution in [2.75, 3.05) is 5.32 Å². The molecular formula is C15H10IN3O2. The fraction of sp³-hybridized carbons (Fsp3) is 0. The number of anilines is 1. The predicted octanol–water partition coefficient (Wildman–Crippen LogP) is 2.55. The van der Waals surface area contributed by atoms with Gasteiger partial charge in [0.05, 0.1) is 0 Å². The van der Waals surface area contributed by atoms with Crippen molar-refractivity contribution in [3.8, 4) is 0 Å². The fourth-order valence-corrected chi connectivity index (χ4v) is 2.27. The van der Waals surface area contributed by atoms with E-state index in [4.69, 9.17) is 0 Å². The molecule has 0 aliphatic carbocycles. The highest BCUT2D eigenvalue weighted by atomic mass is 127. The average Bonchev–Trinajstić information content (AvgIpc) is 2.50. The van der Waals surface area contributed by atoms with E-state index in [0.717, 1.165) is 3.57 Å². The normalized spacial score (nSPS) is 10.5. The van der Waals surface area contributed by atoms with E-state index in [1.807, 2.05) is 12.1 Å². The first-order valence-electron chi connectivity index (χ1n) is 6.18. The maximum Gasteiger partial charge on any atom is 0.270 e. The Hall–Kier alpha value is -2.22. The Kier molecular flexibility index (Phi) is 3.70. The third-order valence-electron chi connectivity index (χ3n) is 2.96. The standard InChI is InChI=1S/C15H10IN3O2/c16-10-4-6-11(7-5-10)18-14(20)12-9-17-13-3-1-2-8-19(13)15(12)21/h1-9H,(H,18,20). The molecule has 3 rings (SSSR count). The molecule has 1 N–H and O–H groups in total. The van der Waals surface area contributed by atoms with Crippen LogP contribution in [0.5, 0.6) is 0 Å². The van der Waals surface area contributed by atoms with E-state index in [1.54, 1.807) is 36.5 Å². The Morgan fingerprint density at radius 2 is 1.90 bits per heavy atom. The van der Waals surface area contributed by atoms with Crippen molar-refractivity contribution < 1.29 is 4.79 Å². The molecule has 0 saturated carbocycles. The summed E-state index contributed by atoms with van der Waals surface area (Å²) in [6.07, 6.45) is 2.89. The van der Waals surface area contributed by atoms with Crippen LogP contribution in [0.4, 0.5) is 5.69 Å². The number of rotatable bonds is 2. The number of hydrogen-bond donors (Lipinski definition) is 1. The van der Waals surface area contributed by atoms with E-state index in [2.05, 4.69) is 32.9 Å². The molecule has 0 atom stereocenters. The Balaban J connectivity index is 1.96. The number of amides is 1. The van der Waals surface area contributed by atoms with Crippen LogP contribution in [0.1, 0.15) is 10.4 Å². The maximum absolute atomic E-state index is 12.3. The minimum Gasteiger partial charge on any atom is -0.322 e. The Morgan fingerprint density at radius 3 is 2.67 bits per heavy atom. The molecule has 2 heterocycles. The number of pyridine rings is 1. The van der Waals surface area contributed by atoms with Crippen molar-refractivity contribution in [1.29, 1.82) is 0 Å². The van der Waals surface area contributed by atoms with Crippen molar-refractivity contribution in [3.63, 3.8) is 0 Å². The first kappa shape index (κ1) is 13.7. The second-order valence-corrected chi connectivity index (χ2v) is 5.61. The number of hydrogen-bond acceptors (Lipinski definition) is 3. The van der Waals surface area contributed by atoms with Gasteiger partial charge >= 0.3 is 0 Å². The van der Waals surface area contributed by atoms with Gasteiger partial charge in [0.1, 0.15) is 11.2 Å². The number of benzene rings is 1. The molecule has 1 aromatic carbocycles. The zero-order valence-corrected chi connectivity index (χ0v) is 12.9. The molecule has 1 amide bonds. The summed E-state index contributed by atoms with van der Waals surface area (Å²) in [7, 11) is 0. The van der Waals surface area contributed by atoms with Gasteiger partial charge in [-0.2, -0.15) is 0 Å². The third-order valence-corrected chi connectivity index (χ3v) is 3.68. The minimum atomic E-state index is -0.466. The minimum absolute atomic E-state index is 0.0113. The first-order valence-corrected chi connectivity index (χ1v) is 7.26. The lowest BCUT2D eigenvalue weighted by Crippen LogP contribution is -2.26. The second-order valence-electron chi connectivity index (χ2n) is 4.37. The summed E-state index contributed by atoms with van der Waals surface area (Å²) < 4.78 is 2.42. The van der Waals surface area contributed by atoms with Crippen LogP contribution in [-0.2, 0) is 0 Å². The van der Waals surface area contributed by atoms with Gasteiger partial charge in [-0.05, 0) is 59.0 Å². The van der Waals surface area contributed by atoms with Gasteiger partial charge in [-0.1, -0.05) is 6.07 Å². The lowest BCUT2D eigenvalue weighted by atomic mass is 10.2. The molecule has 0 fully saturated rings. The Morgan fingerprint density at radius 1 is 1.14 bits per heavy atom. The molecule has 3 aromatic rings. The molecule has 0 saturated heterocycles. The van der Waals surface area contributed by atoms with Crippen molar-refractivity contribution in [1.82, 2.24) is 9.38 Å². The van der Waals surface area contributed by atoms with Gasteiger partial charge in [0, 0.05) is 21.7 Å². The largest absolute Gasteiger partial charge is 0.322 e. The van der Waals surface area contributed by atoms with E-state index in [0.29, 0.717) is 11.3 Å². The highest BCUT2D eigenvalue weighted by Gasteiger charge is 2.13. The Bertz CT molecular complexity index is 872. The highest BCUT2D eigenvalue weighted by molar-refractivity contribution is 14.1. The number of halogens is 1. The van der Waals surface area contributed by atoms with Gasteiger partial charge in [-0.25, -0.2) is 4.98 Å². The molecule has 0 bridgehead atoms. The van der Waals surface area contributed by atoms with Crippen molar-refractivity contribution >= 4 is 39.8 Å². The van der Waals surface area contributed by atoms with Crippen molar-refractivity contribution in [2.45, 2.75) is 0 Å². The van der Waals surface area contributed by atoms with Gasteiger partial charge in [0.25, 0.3) is 11.5 Å². The Labute approximate surface area is 133 Å². The average molecular weight is 391 g/mol. The molecule has 2 aromatic heterocycles. The number of fused-ring (bicyclic) bond motifs is 1. The van der Waals surface area contributed by atoms with Gasteiger partial charge < -0.3 is 5.32 Å². The van der Waals surface area contributed by atoms with Gasteiger partial charge in [-0.3, -0.25) is 14.0 Å². The summed E-state index contributed by atoms with van der Waals surface area (Å²) in [6.45, 7) is 0. The van der Waals surface area contributed by atoms with E-state index in [1.165, 1.54) is 10.6 Å². The summed E-state index contributed by atoms with van der Waals surface area (Å²) in [5.41, 5.74) is 0.771. The van der Waals surface area contributed by atoms with Crippen LogP contribution in [0, 0.1) is 3.57 Å². The van der Waals surface area contributed by atoms with Crippen LogP contribution in [0.2, 0.25) is 0 Å². The van der Waals surface area contributed by atoms with E-state index in [-0.39, 0.29) is 11.1 Å². The first-order chi connectivity index (χ1) is 10.1. The molecular weight excluding hydrogens is 381 g/mol. The lowest BCUT2D eigenvalue weighted by Gasteiger charge is -2.06. The van der Waals surface area contributed by atoms with Crippen LogP contribution in [0.25, 0.3) is 5.65 Å². The summed E-state index contributed by atoms with van der Waals surface area (Å²) in [5.74, 6) is -0.466. The molecule has 5 nitrogen and oxygen atoms in total. The molecule has 21 heavy (non-hydrogen) atoms. The number of aromatic nitrogens is 2. The van der Waals surface area contributed by atoms with Gasteiger partial charge in [-0.15, -0.1) is 0 Å². The van der Waals surface area contributed by atoms with Crippen molar-refractivity contribution in [3.05, 3.63) is 74.3 Å². The maximum atomic E-state index is 12.3. The van der Waals surface area contributed by atoms with E-state index in [9.17, 15) is 9.59 Å². The quantitative estimate of drug-likeness (QED) is 0.684. The SMILES string of the molecule is O=C(Nc1ccc(I)cc1)c1cnc2ccccn2c1=O. The van der Waals surface area contributed by atoms with Crippen LogP contribution in [-0.4, -0.2) is 15.3 Å². The fourth-order valence-electron chi connectivity index (χ4n) is 1.91. The van der Waals surface area contributed by atoms with Crippen LogP contribution in [0.3, 0.4) is 0 Å². The predicted molar refractivity (Wildman–Crippen MR) is 88.6 cm³/mol. The molecule has 0 radical (unpaired) electrons. The summed E-state index contributed by atoms with van der Waals surface area (Å²) in [5, 5.41) is 2.70. The second kappa shape index (κ2) is 5.65. The number of nitrogens with one attached hydrogen (secondary N) is 1. The zero-order chi connectivity index (χ0) is 14.8. The van der Waals surface area contributed by atoms with Crippen LogP contribution >= 0.6 is 22.6 Å². The smallest absolute Gasteiger partial charge is 0.270 e. The van der Waals surface area contributed by atoms with Crippen LogP contribution in [0.15, 0.2) is 59.7 Å². The molecule has 0 aliphatic rings. The van der Waals surface area contributed by atoms with Gasteiger partial charge in [0.2, 0.25) is 0 Å². The molecule has 6 heteroatoms. The summed E-state index contributed by atoms with van der Waals surface area (Å²) >= 11 is 2.18. The highest BCUT2D eigenvalue weighted by Crippen LogP contribution is 2.11. The van der Waals surface area contributed by atoms with Crippen LogP contribution < -0.4 is 10.9 Å². The molecule has 104 valence electrons. The van der Waals surface area contributed by atoms with E-state index >= 15 is 0 Å². The monoisotopic (exact) mass is 391 g/mol. The van der Waals surface area contributed by atoms with E-state index < -0.39 is 5.91 Å². The zero-order valence-electron chi connectivity index (χ0n) is 10.8. The lowest BCUT2D eigenvalue weighted by molar-refractivity contribution is 0.102. The number of carbonyl (C=O) groups is 1. The summed E-state index contributed by atoms with van der Waals surface area (Å²) in [6, 6.07) is 12.5. The number of nitrogens with zero attached hydrogens (tertiary/aromatic N) is 2. The molecule has 0 aliphatic heterocycles. The number of carbonyl (C=O) groups excluding carboxylic acids is 1. The molecule has 0 unspecified atom stereocenters. The third kappa shape index (κ3) is 2.80. The van der Waals surface area contributed by atoms with Crippen molar-refractivity contribution in [2.24, 2.45) is 0 Å². The topological polar surface area (TPSA) is 63.5 Å². The van der Waals surface area contributed by atoms with Gasteiger partial charge in [0.15, 0.2) is 0 Å². The summed E-state index contributed by atoms with van der Waals surface area (Å²) in [4.78, 5) is 28.6.